The molecule has 0 bridgehead atoms. The first-order valence-corrected chi connectivity index (χ1v) is 7.45. The molecule has 0 saturated heterocycles. The predicted molar refractivity (Wildman–Crippen MR) is 76.9 cm³/mol. The lowest BCUT2D eigenvalue weighted by Gasteiger charge is -2.37. The number of carbonyl (C=O) groups is 1. The van der Waals surface area contributed by atoms with Crippen LogP contribution >= 0.6 is 0 Å². The normalized spacial score (nSPS) is 19.4. The van der Waals surface area contributed by atoms with Crippen LogP contribution in [0.1, 0.15) is 45.4 Å². The Morgan fingerprint density at radius 2 is 1.72 bits per heavy atom. The molecule has 1 aliphatic rings. The second-order valence-corrected chi connectivity index (χ2v) is 6.12. The summed E-state index contributed by atoms with van der Waals surface area (Å²) < 4.78 is 0. The third kappa shape index (κ3) is 5.07. The van der Waals surface area contributed by atoms with Crippen molar-refractivity contribution >= 4 is 6.29 Å². The number of carbonyl (C=O) groups excluding carboxylic acids is 1. The van der Waals surface area contributed by atoms with Crippen LogP contribution in [0, 0.1) is 5.41 Å². The number of nitrogens with zero attached hydrogens (tertiary/aromatic N) is 2. The number of aldehydes is 1. The summed E-state index contributed by atoms with van der Waals surface area (Å²) in [4.78, 5) is 16.2. The van der Waals surface area contributed by atoms with E-state index in [1.807, 2.05) is 0 Å². The molecule has 1 fully saturated rings. The Balaban J connectivity index is 2.53. The van der Waals surface area contributed by atoms with Crippen LogP contribution in [0.5, 0.6) is 0 Å². The molecule has 0 N–H and O–H groups in total. The van der Waals surface area contributed by atoms with E-state index in [1.54, 1.807) is 0 Å². The molecule has 0 radical (unpaired) electrons. The Kier molecular flexibility index (Phi) is 6.87. The lowest BCUT2D eigenvalue weighted by atomic mass is 9.75. The van der Waals surface area contributed by atoms with Gasteiger partial charge in [-0.25, -0.2) is 0 Å². The Hall–Kier alpha value is -0.410. The van der Waals surface area contributed by atoms with Gasteiger partial charge in [0.2, 0.25) is 0 Å². The summed E-state index contributed by atoms with van der Waals surface area (Å²) >= 11 is 0. The Morgan fingerprint density at radius 3 is 2.22 bits per heavy atom. The van der Waals surface area contributed by atoms with Crippen LogP contribution < -0.4 is 0 Å². The minimum absolute atomic E-state index is 0.0419. The van der Waals surface area contributed by atoms with Crippen molar-refractivity contribution < 1.29 is 4.79 Å². The van der Waals surface area contributed by atoms with Gasteiger partial charge >= 0.3 is 0 Å². The van der Waals surface area contributed by atoms with E-state index < -0.39 is 0 Å². The monoisotopic (exact) mass is 254 g/mol. The lowest BCUT2D eigenvalue weighted by molar-refractivity contribution is -0.119. The van der Waals surface area contributed by atoms with Crippen molar-refractivity contribution in [3.05, 3.63) is 0 Å². The number of hydrogen-bond acceptors (Lipinski definition) is 3. The van der Waals surface area contributed by atoms with E-state index in [-0.39, 0.29) is 5.41 Å². The largest absolute Gasteiger partial charge is 0.308 e. The molecule has 3 nitrogen and oxygen atoms in total. The van der Waals surface area contributed by atoms with Gasteiger partial charge in [0.1, 0.15) is 6.29 Å². The molecule has 0 amide bonds. The van der Waals surface area contributed by atoms with Crippen LogP contribution in [-0.4, -0.2) is 56.4 Å². The molecule has 0 atom stereocenters. The molecule has 0 aromatic carbocycles. The molecular weight excluding hydrogens is 224 g/mol. The average molecular weight is 254 g/mol. The smallest absolute Gasteiger partial charge is 0.127 e. The van der Waals surface area contributed by atoms with Gasteiger partial charge < -0.3 is 14.6 Å². The van der Waals surface area contributed by atoms with Crippen LogP contribution in [0.2, 0.25) is 0 Å². The van der Waals surface area contributed by atoms with Gasteiger partial charge in [-0.2, -0.15) is 0 Å². The molecule has 0 unspecified atom stereocenters. The zero-order chi connectivity index (χ0) is 13.4. The zero-order valence-corrected chi connectivity index (χ0v) is 12.5. The summed E-state index contributed by atoms with van der Waals surface area (Å²) in [5.74, 6) is 0. The van der Waals surface area contributed by atoms with Crippen LogP contribution in [0.3, 0.4) is 0 Å². The van der Waals surface area contributed by atoms with E-state index in [4.69, 9.17) is 0 Å². The highest BCUT2D eigenvalue weighted by Crippen LogP contribution is 2.35. The molecule has 106 valence electrons. The van der Waals surface area contributed by atoms with Crippen molar-refractivity contribution in [3.63, 3.8) is 0 Å². The lowest BCUT2D eigenvalue weighted by Crippen LogP contribution is -2.43. The molecule has 0 aromatic heterocycles. The van der Waals surface area contributed by atoms with Gasteiger partial charge in [0.15, 0.2) is 0 Å². The predicted octanol–water partition coefficient (Wildman–Crippen LogP) is 2.41. The third-order valence-corrected chi connectivity index (χ3v) is 4.04. The highest BCUT2D eigenvalue weighted by atomic mass is 16.1. The fourth-order valence-electron chi connectivity index (χ4n) is 2.94. The minimum atomic E-state index is -0.0419. The van der Waals surface area contributed by atoms with E-state index in [2.05, 4.69) is 30.8 Å². The molecule has 0 aliphatic heterocycles. The molecule has 3 heteroatoms. The first-order valence-electron chi connectivity index (χ1n) is 7.45. The molecule has 0 aromatic rings. The maximum Gasteiger partial charge on any atom is 0.127 e. The average Bonchev–Trinajstić information content (AvgIpc) is 2.37. The van der Waals surface area contributed by atoms with E-state index in [0.717, 1.165) is 39.0 Å². The summed E-state index contributed by atoms with van der Waals surface area (Å²) in [6.07, 6.45) is 8.38. The Bertz CT molecular complexity index is 235. The number of rotatable bonds is 8. The molecule has 1 rings (SSSR count). The van der Waals surface area contributed by atoms with E-state index in [0.29, 0.717) is 0 Å². The fraction of sp³-hybridized carbons (Fsp3) is 0.933. The van der Waals surface area contributed by atoms with Gasteiger partial charge in [0.05, 0.1) is 0 Å². The number of likely N-dealkylation sites (N-methyl/N-ethyl adjacent to an activating group) is 1. The van der Waals surface area contributed by atoms with Gasteiger partial charge in [-0.1, -0.05) is 26.2 Å². The molecular formula is C15H30N2O. The quantitative estimate of drug-likeness (QED) is 0.622. The first-order chi connectivity index (χ1) is 8.62. The molecule has 1 saturated carbocycles. The van der Waals surface area contributed by atoms with E-state index in [9.17, 15) is 4.79 Å². The standard InChI is InChI=1S/C15H30N2O/c1-4-10-17(12-11-16(2)3)13-15(14-18)8-6-5-7-9-15/h14H,4-13H2,1-3H3. The summed E-state index contributed by atoms with van der Waals surface area (Å²) in [5, 5.41) is 0. The van der Waals surface area contributed by atoms with Gasteiger partial charge in [-0.3, -0.25) is 0 Å². The Labute approximate surface area is 113 Å². The Morgan fingerprint density at radius 1 is 1.06 bits per heavy atom. The van der Waals surface area contributed by atoms with Crippen molar-refractivity contribution in [2.75, 3.05) is 40.3 Å². The van der Waals surface area contributed by atoms with Gasteiger partial charge in [0, 0.05) is 25.0 Å². The molecule has 0 spiro atoms. The van der Waals surface area contributed by atoms with Crippen molar-refractivity contribution in [3.8, 4) is 0 Å². The van der Waals surface area contributed by atoms with Crippen LogP contribution in [-0.2, 0) is 4.79 Å². The first kappa shape index (κ1) is 15.6. The maximum absolute atomic E-state index is 11.5. The fourth-order valence-corrected chi connectivity index (χ4v) is 2.94. The van der Waals surface area contributed by atoms with Gasteiger partial charge in [-0.15, -0.1) is 0 Å². The molecule has 1 aliphatic carbocycles. The summed E-state index contributed by atoms with van der Waals surface area (Å²) in [6, 6.07) is 0. The topological polar surface area (TPSA) is 23.6 Å². The highest BCUT2D eigenvalue weighted by Gasteiger charge is 2.33. The SMILES string of the molecule is CCCN(CCN(C)C)CC1(C=O)CCCCC1. The van der Waals surface area contributed by atoms with Gasteiger partial charge in [-0.05, 0) is 39.9 Å². The zero-order valence-electron chi connectivity index (χ0n) is 12.5. The van der Waals surface area contributed by atoms with Gasteiger partial charge in [0.25, 0.3) is 0 Å². The van der Waals surface area contributed by atoms with Crippen LogP contribution in [0.15, 0.2) is 0 Å². The van der Waals surface area contributed by atoms with Crippen molar-refractivity contribution in [2.45, 2.75) is 45.4 Å². The summed E-state index contributed by atoms with van der Waals surface area (Å²) in [5.41, 5.74) is -0.0419. The molecule has 18 heavy (non-hydrogen) atoms. The highest BCUT2D eigenvalue weighted by molar-refractivity contribution is 5.60. The second-order valence-electron chi connectivity index (χ2n) is 6.12. The second kappa shape index (κ2) is 7.90. The minimum Gasteiger partial charge on any atom is -0.308 e. The summed E-state index contributed by atoms with van der Waals surface area (Å²) in [7, 11) is 4.22. The van der Waals surface area contributed by atoms with Crippen LogP contribution in [0.4, 0.5) is 0 Å². The van der Waals surface area contributed by atoms with Crippen molar-refractivity contribution in [2.24, 2.45) is 5.41 Å². The van der Waals surface area contributed by atoms with Crippen molar-refractivity contribution in [1.29, 1.82) is 0 Å². The number of hydrogen-bond donors (Lipinski definition) is 0. The van der Waals surface area contributed by atoms with E-state index in [1.165, 1.54) is 32.0 Å². The van der Waals surface area contributed by atoms with Crippen LogP contribution in [0.25, 0.3) is 0 Å². The maximum atomic E-state index is 11.5. The van der Waals surface area contributed by atoms with E-state index >= 15 is 0 Å². The molecule has 0 heterocycles. The van der Waals surface area contributed by atoms with Crippen molar-refractivity contribution in [1.82, 2.24) is 9.80 Å². The summed E-state index contributed by atoms with van der Waals surface area (Å²) in [6.45, 7) is 6.46. The third-order valence-electron chi connectivity index (χ3n) is 4.04.